The van der Waals surface area contributed by atoms with Crippen molar-refractivity contribution in [2.24, 2.45) is 0 Å². The van der Waals surface area contributed by atoms with Gasteiger partial charge in [-0.05, 0) is 48.4 Å². The van der Waals surface area contributed by atoms with Gasteiger partial charge in [0.1, 0.15) is 0 Å². The molecule has 4 rings (SSSR count). The Balaban J connectivity index is 2.12. The molecule has 0 amide bonds. The number of aromatic amines is 1. The minimum atomic E-state index is -0.137. The van der Waals surface area contributed by atoms with E-state index in [0.717, 1.165) is 36.1 Å². The van der Waals surface area contributed by atoms with Crippen LogP contribution in [0.25, 0.3) is 22.5 Å². The monoisotopic (exact) mass is 365 g/mol. The fourth-order valence-electron chi connectivity index (χ4n) is 4.06. The summed E-state index contributed by atoms with van der Waals surface area (Å²) in [7, 11) is 0. The molecule has 0 radical (unpaired) electrons. The van der Waals surface area contributed by atoms with Gasteiger partial charge in [-0.2, -0.15) is 5.21 Å². The normalized spacial score (nSPS) is 14.8. The predicted octanol–water partition coefficient (Wildman–Crippen LogP) is 4.65. The van der Waals surface area contributed by atoms with Gasteiger partial charge in [0.05, 0.1) is 23.8 Å². The van der Waals surface area contributed by atoms with E-state index in [4.69, 9.17) is 9.40 Å². The van der Waals surface area contributed by atoms with Crippen molar-refractivity contribution in [2.75, 3.05) is 0 Å². The molecular weight excluding hydrogens is 338 g/mol. The van der Waals surface area contributed by atoms with Crippen molar-refractivity contribution in [1.29, 1.82) is 0 Å². The van der Waals surface area contributed by atoms with Crippen LogP contribution >= 0.6 is 0 Å². The first-order chi connectivity index (χ1) is 13.0. The standard InChI is InChI=1S/C21H27N5O/c1-5-13-11-27-12-15(13)17-14-9-7-6-8-10-16(14)22-19(21(2,3)4)18(17)20-23-25-26-24-20/h11-12H,5-10H2,1-4H3,(H,23,24,25,26). The Kier molecular flexibility index (Phi) is 4.58. The van der Waals surface area contributed by atoms with Gasteiger partial charge in [0.25, 0.3) is 0 Å². The van der Waals surface area contributed by atoms with Crippen LogP contribution in [0.15, 0.2) is 16.9 Å². The van der Waals surface area contributed by atoms with Crippen LogP contribution in [0.4, 0.5) is 0 Å². The number of H-pyrrole nitrogens is 1. The van der Waals surface area contributed by atoms with Crippen molar-refractivity contribution in [3.05, 3.63) is 35.0 Å². The molecule has 27 heavy (non-hydrogen) atoms. The van der Waals surface area contributed by atoms with Crippen LogP contribution in [0, 0.1) is 0 Å². The lowest BCUT2D eigenvalue weighted by molar-refractivity contribution is 0.563. The van der Waals surface area contributed by atoms with E-state index in [1.165, 1.54) is 41.6 Å². The molecule has 142 valence electrons. The van der Waals surface area contributed by atoms with Crippen LogP contribution in [0.5, 0.6) is 0 Å². The average molecular weight is 365 g/mol. The number of aromatic nitrogens is 5. The number of pyridine rings is 1. The molecule has 0 bridgehead atoms. The van der Waals surface area contributed by atoms with E-state index < -0.39 is 0 Å². The van der Waals surface area contributed by atoms with Gasteiger partial charge in [-0.25, -0.2) is 0 Å². The summed E-state index contributed by atoms with van der Waals surface area (Å²) in [5.41, 5.74) is 7.98. The van der Waals surface area contributed by atoms with E-state index in [2.05, 4.69) is 48.3 Å². The fourth-order valence-corrected chi connectivity index (χ4v) is 4.06. The third-order valence-electron chi connectivity index (χ3n) is 5.40. The third-order valence-corrected chi connectivity index (χ3v) is 5.40. The molecule has 0 spiro atoms. The van der Waals surface area contributed by atoms with Crippen LogP contribution in [0.1, 0.15) is 69.5 Å². The van der Waals surface area contributed by atoms with Crippen molar-refractivity contribution in [3.63, 3.8) is 0 Å². The fraction of sp³-hybridized carbons (Fsp3) is 0.524. The highest BCUT2D eigenvalue weighted by Gasteiger charge is 2.31. The van der Waals surface area contributed by atoms with E-state index in [1.807, 2.05) is 12.5 Å². The maximum absolute atomic E-state index is 5.63. The number of furan rings is 1. The van der Waals surface area contributed by atoms with E-state index in [-0.39, 0.29) is 5.41 Å². The van der Waals surface area contributed by atoms with Crippen LogP contribution in [0.3, 0.4) is 0 Å². The van der Waals surface area contributed by atoms with Gasteiger partial charge >= 0.3 is 0 Å². The summed E-state index contributed by atoms with van der Waals surface area (Å²) in [4.78, 5) is 5.17. The van der Waals surface area contributed by atoms with Crippen molar-refractivity contribution in [1.82, 2.24) is 25.6 Å². The SMILES string of the molecule is CCc1cocc1-c1c2c(nc(C(C)(C)C)c1-c1nn[nH]n1)CCCCC2. The van der Waals surface area contributed by atoms with Crippen molar-refractivity contribution in [3.8, 4) is 22.5 Å². The molecule has 0 fully saturated rings. The molecule has 0 unspecified atom stereocenters. The van der Waals surface area contributed by atoms with E-state index in [9.17, 15) is 0 Å². The van der Waals surface area contributed by atoms with Crippen molar-refractivity contribution in [2.45, 2.75) is 71.6 Å². The van der Waals surface area contributed by atoms with E-state index >= 15 is 0 Å². The molecule has 6 heteroatoms. The smallest absolute Gasteiger partial charge is 0.207 e. The largest absolute Gasteiger partial charge is 0.472 e. The molecular formula is C21H27N5O. The number of aryl methyl sites for hydroxylation is 2. The predicted molar refractivity (Wildman–Crippen MR) is 104 cm³/mol. The maximum atomic E-state index is 5.63. The topological polar surface area (TPSA) is 80.5 Å². The summed E-state index contributed by atoms with van der Waals surface area (Å²) in [5, 5.41) is 15.1. The van der Waals surface area contributed by atoms with Crippen LogP contribution in [-0.4, -0.2) is 25.6 Å². The van der Waals surface area contributed by atoms with Crippen LogP contribution in [0.2, 0.25) is 0 Å². The summed E-state index contributed by atoms with van der Waals surface area (Å²) in [6.07, 6.45) is 10.3. The lowest BCUT2D eigenvalue weighted by Gasteiger charge is -2.26. The Morgan fingerprint density at radius 2 is 1.89 bits per heavy atom. The zero-order chi connectivity index (χ0) is 19.0. The van der Waals surface area contributed by atoms with Crippen LogP contribution < -0.4 is 0 Å². The second-order valence-electron chi connectivity index (χ2n) is 8.35. The van der Waals surface area contributed by atoms with Gasteiger partial charge in [-0.1, -0.05) is 34.1 Å². The highest BCUT2D eigenvalue weighted by atomic mass is 16.3. The lowest BCUT2D eigenvalue weighted by Crippen LogP contribution is -2.19. The molecule has 0 saturated carbocycles. The number of rotatable bonds is 3. The first-order valence-electron chi connectivity index (χ1n) is 9.86. The third kappa shape index (κ3) is 3.17. The number of fused-ring (bicyclic) bond motifs is 1. The highest BCUT2D eigenvalue weighted by Crippen LogP contribution is 2.43. The molecule has 1 aliphatic carbocycles. The molecule has 1 aliphatic rings. The minimum Gasteiger partial charge on any atom is -0.472 e. The number of tetrazole rings is 1. The Morgan fingerprint density at radius 3 is 2.59 bits per heavy atom. The summed E-state index contributed by atoms with van der Waals surface area (Å²) in [5.74, 6) is 0.609. The zero-order valence-corrected chi connectivity index (χ0v) is 16.6. The Hall–Kier alpha value is -2.50. The Labute approximate surface area is 159 Å². The molecule has 0 aromatic carbocycles. The maximum Gasteiger partial charge on any atom is 0.207 e. The highest BCUT2D eigenvalue weighted by molar-refractivity contribution is 5.86. The Bertz CT molecular complexity index is 934. The molecule has 3 aromatic rings. The van der Waals surface area contributed by atoms with Gasteiger partial charge in [-0.15, -0.1) is 10.2 Å². The van der Waals surface area contributed by atoms with E-state index in [1.54, 1.807) is 0 Å². The molecule has 3 heterocycles. The average Bonchev–Trinajstić information content (AvgIpc) is 3.26. The van der Waals surface area contributed by atoms with Gasteiger partial charge in [-0.3, -0.25) is 4.98 Å². The molecule has 3 aromatic heterocycles. The second-order valence-corrected chi connectivity index (χ2v) is 8.35. The minimum absolute atomic E-state index is 0.137. The Morgan fingerprint density at radius 1 is 1.07 bits per heavy atom. The van der Waals surface area contributed by atoms with Crippen molar-refractivity contribution >= 4 is 0 Å². The van der Waals surface area contributed by atoms with E-state index in [0.29, 0.717) is 5.82 Å². The molecule has 0 atom stereocenters. The summed E-state index contributed by atoms with van der Waals surface area (Å²) < 4.78 is 5.63. The van der Waals surface area contributed by atoms with Gasteiger partial charge in [0, 0.05) is 22.2 Å². The zero-order valence-electron chi connectivity index (χ0n) is 16.6. The summed E-state index contributed by atoms with van der Waals surface area (Å²) in [6.45, 7) is 8.75. The molecule has 1 N–H and O–H groups in total. The quantitative estimate of drug-likeness (QED) is 0.683. The molecule has 6 nitrogen and oxygen atoms in total. The number of hydrogen-bond donors (Lipinski definition) is 1. The first-order valence-corrected chi connectivity index (χ1v) is 9.86. The van der Waals surface area contributed by atoms with Crippen molar-refractivity contribution < 1.29 is 4.42 Å². The summed E-state index contributed by atoms with van der Waals surface area (Å²) in [6, 6.07) is 0. The summed E-state index contributed by atoms with van der Waals surface area (Å²) >= 11 is 0. The van der Waals surface area contributed by atoms with Crippen LogP contribution in [-0.2, 0) is 24.7 Å². The number of nitrogens with one attached hydrogen (secondary N) is 1. The van der Waals surface area contributed by atoms with Gasteiger partial charge in [0.2, 0.25) is 5.82 Å². The second kappa shape index (κ2) is 6.91. The number of nitrogens with zero attached hydrogens (tertiary/aromatic N) is 4. The van der Waals surface area contributed by atoms with Gasteiger partial charge < -0.3 is 4.42 Å². The molecule has 0 aliphatic heterocycles. The number of hydrogen-bond acceptors (Lipinski definition) is 5. The first kappa shape index (κ1) is 17.9. The lowest BCUT2D eigenvalue weighted by atomic mass is 9.81. The molecule has 0 saturated heterocycles. The van der Waals surface area contributed by atoms with Gasteiger partial charge in [0.15, 0.2) is 0 Å².